The average molecular weight is 439 g/mol. The normalized spacial score (nSPS) is 18.7. The first kappa shape index (κ1) is 21.8. The Morgan fingerprint density at radius 1 is 1.10 bits per heavy atom. The highest BCUT2D eigenvalue weighted by Crippen LogP contribution is 2.37. The molecular formula is C25H27ClN2O3. The minimum absolute atomic E-state index is 0.00151. The van der Waals surface area contributed by atoms with Gasteiger partial charge in [-0.2, -0.15) is 0 Å². The lowest BCUT2D eigenvalue weighted by atomic mass is 9.97. The summed E-state index contributed by atoms with van der Waals surface area (Å²) in [6, 6.07) is 18.2. The van der Waals surface area contributed by atoms with Crippen molar-refractivity contribution >= 4 is 11.6 Å². The van der Waals surface area contributed by atoms with E-state index in [1.807, 2.05) is 42.5 Å². The van der Waals surface area contributed by atoms with E-state index in [9.17, 15) is 5.11 Å². The maximum absolute atomic E-state index is 10.1. The lowest BCUT2D eigenvalue weighted by Crippen LogP contribution is -2.46. The van der Waals surface area contributed by atoms with E-state index in [0.717, 1.165) is 34.4 Å². The maximum Gasteiger partial charge on any atom is 0.218 e. The highest BCUT2D eigenvalue weighted by atomic mass is 35.5. The van der Waals surface area contributed by atoms with E-state index in [1.165, 1.54) is 5.56 Å². The minimum Gasteiger partial charge on any atom is -0.481 e. The molecule has 1 aromatic heterocycles. The number of ether oxygens (including phenoxy) is 2. The van der Waals surface area contributed by atoms with Crippen LogP contribution in [0.1, 0.15) is 17.5 Å². The topological polar surface area (TPSA) is 63.6 Å². The van der Waals surface area contributed by atoms with E-state index in [1.54, 1.807) is 7.11 Å². The van der Waals surface area contributed by atoms with Crippen molar-refractivity contribution in [2.24, 2.45) is 0 Å². The van der Waals surface area contributed by atoms with Crippen LogP contribution in [0.4, 0.5) is 0 Å². The molecule has 0 amide bonds. The summed E-state index contributed by atoms with van der Waals surface area (Å²) in [5, 5.41) is 14.1. The van der Waals surface area contributed by atoms with Gasteiger partial charge < -0.3 is 19.9 Å². The quantitative estimate of drug-likeness (QED) is 0.587. The monoisotopic (exact) mass is 438 g/mol. The van der Waals surface area contributed by atoms with Crippen LogP contribution in [-0.4, -0.2) is 42.6 Å². The lowest BCUT2D eigenvalue weighted by molar-refractivity contribution is -0.0281. The molecular weight excluding hydrogens is 412 g/mol. The molecule has 6 heteroatoms. The van der Waals surface area contributed by atoms with Gasteiger partial charge in [-0.1, -0.05) is 60.1 Å². The number of aliphatic hydroxyl groups is 1. The molecule has 2 N–H and O–H groups in total. The fraction of sp³-hybridized carbons (Fsp3) is 0.320. The van der Waals surface area contributed by atoms with E-state index in [0.29, 0.717) is 30.7 Å². The number of halogens is 1. The number of hydrogen-bond acceptors (Lipinski definition) is 5. The summed E-state index contributed by atoms with van der Waals surface area (Å²) in [7, 11) is 1.62. The van der Waals surface area contributed by atoms with Crippen LogP contribution in [-0.2, 0) is 11.3 Å². The van der Waals surface area contributed by atoms with Gasteiger partial charge in [0.2, 0.25) is 5.88 Å². The maximum atomic E-state index is 10.1. The predicted octanol–water partition coefficient (Wildman–Crippen LogP) is 4.63. The summed E-state index contributed by atoms with van der Waals surface area (Å²) in [5.74, 6) is 0.545. The van der Waals surface area contributed by atoms with Crippen molar-refractivity contribution in [3.05, 3.63) is 70.7 Å². The molecule has 2 aromatic carbocycles. The van der Waals surface area contributed by atoms with Crippen LogP contribution in [0, 0.1) is 6.92 Å². The van der Waals surface area contributed by atoms with Gasteiger partial charge in [0.1, 0.15) is 0 Å². The van der Waals surface area contributed by atoms with Gasteiger partial charge in [0.15, 0.2) is 0 Å². The fourth-order valence-electron chi connectivity index (χ4n) is 3.95. The van der Waals surface area contributed by atoms with Crippen molar-refractivity contribution in [1.82, 2.24) is 10.3 Å². The zero-order chi connectivity index (χ0) is 21.8. The molecule has 1 fully saturated rings. The van der Waals surface area contributed by atoms with E-state index >= 15 is 0 Å². The Hall–Kier alpha value is -2.44. The SMILES string of the molecule is COc1nc(-c2cccc(-c3ccccc3C)c2Cl)ccc1CN[C@@H]1CCOC[C@@H]1O. The summed E-state index contributed by atoms with van der Waals surface area (Å²) in [5.41, 5.74) is 5.81. The summed E-state index contributed by atoms with van der Waals surface area (Å²) in [6.07, 6.45) is 0.269. The summed E-state index contributed by atoms with van der Waals surface area (Å²) in [4.78, 5) is 4.73. The second kappa shape index (κ2) is 9.79. The first-order chi connectivity index (χ1) is 15.1. The third kappa shape index (κ3) is 4.75. The molecule has 3 aromatic rings. The standard InChI is InChI=1S/C25H27ClN2O3/c1-16-6-3-4-7-18(16)19-8-5-9-20(24(19)26)21-11-10-17(25(28-21)30-2)14-27-22-12-13-31-15-23(22)29/h3-11,22-23,27,29H,12-15H2,1-2H3/t22-,23+/m1/s1. The number of aromatic nitrogens is 1. The fourth-order valence-corrected chi connectivity index (χ4v) is 4.27. The molecule has 0 spiro atoms. The number of rotatable bonds is 6. The Morgan fingerprint density at radius 3 is 2.65 bits per heavy atom. The van der Waals surface area contributed by atoms with Crippen LogP contribution < -0.4 is 10.1 Å². The van der Waals surface area contributed by atoms with E-state index < -0.39 is 6.10 Å². The summed E-state index contributed by atoms with van der Waals surface area (Å²) < 4.78 is 10.9. The van der Waals surface area contributed by atoms with Gasteiger partial charge in [-0.25, -0.2) is 4.98 Å². The van der Waals surface area contributed by atoms with Gasteiger partial charge in [0, 0.05) is 35.9 Å². The number of benzene rings is 2. The Bertz CT molecular complexity index is 1060. The molecule has 1 aliphatic heterocycles. The van der Waals surface area contributed by atoms with Gasteiger partial charge in [0.25, 0.3) is 0 Å². The minimum atomic E-state index is -0.505. The number of nitrogens with zero attached hydrogens (tertiary/aromatic N) is 1. The second-order valence-electron chi connectivity index (χ2n) is 7.77. The Morgan fingerprint density at radius 2 is 1.87 bits per heavy atom. The van der Waals surface area contributed by atoms with Crippen molar-refractivity contribution in [2.45, 2.75) is 32.0 Å². The van der Waals surface area contributed by atoms with Gasteiger partial charge in [-0.15, -0.1) is 0 Å². The summed E-state index contributed by atoms with van der Waals surface area (Å²) in [6.45, 7) is 3.65. The van der Waals surface area contributed by atoms with Crippen LogP contribution in [0.15, 0.2) is 54.6 Å². The molecule has 0 radical (unpaired) electrons. The van der Waals surface area contributed by atoms with Crippen LogP contribution in [0.25, 0.3) is 22.4 Å². The highest BCUT2D eigenvalue weighted by Gasteiger charge is 2.23. The van der Waals surface area contributed by atoms with Gasteiger partial charge in [0.05, 0.1) is 30.5 Å². The molecule has 0 aliphatic carbocycles. The van der Waals surface area contributed by atoms with Crippen molar-refractivity contribution in [2.75, 3.05) is 20.3 Å². The number of methoxy groups -OCH3 is 1. The predicted molar refractivity (Wildman–Crippen MR) is 123 cm³/mol. The Kier molecular flexibility index (Phi) is 6.88. The molecule has 0 bridgehead atoms. The van der Waals surface area contributed by atoms with Crippen molar-refractivity contribution in [3.8, 4) is 28.3 Å². The third-order valence-corrected chi connectivity index (χ3v) is 6.13. The average Bonchev–Trinajstić information content (AvgIpc) is 2.79. The molecule has 162 valence electrons. The first-order valence-corrected chi connectivity index (χ1v) is 10.8. The lowest BCUT2D eigenvalue weighted by Gasteiger charge is -2.28. The van der Waals surface area contributed by atoms with E-state index in [2.05, 4.69) is 24.4 Å². The van der Waals surface area contributed by atoms with Crippen LogP contribution in [0.2, 0.25) is 5.02 Å². The molecule has 0 unspecified atom stereocenters. The van der Waals surface area contributed by atoms with Gasteiger partial charge >= 0.3 is 0 Å². The molecule has 31 heavy (non-hydrogen) atoms. The zero-order valence-electron chi connectivity index (χ0n) is 17.8. The van der Waals surface area contributed by atoms with E-state index in [4.69, 9.17) is 26.1 Å². The molecule has 5 nitrogen and oxygen atoms in total. The van der Waals surface area contributed by atoms with Crippen LogP contribution in [0.5, 0.6) is 5.88 Å². The van der Waals surface area contributed by atoms with E-state index in [-0.39, 0.29) is 6.04 Å². The largest absolute Gasteiger partial charge is 0.481 e. The number of pyridine rings is 1. The van der Waals surface area contributed by atoms with Crippen LogP contribution >= 0.6 is 11.6 Å². The first-order valence-electron chi connectivity index (χ1n) is 10.5. The number of aryl methyl sites for hydroxylation is 1. The molecule has 1 aliphatic rings. The van der Waals surface area contributed by atoms with Crippen molar-refractivity contribution in [3.63, 3.8) is 0 Å². The molecule has 1 saturated heterocycles. The highest BCUT2D eigenvalue weighted by molar-refractivity contribution is 6.36. The zero-order valence-corrected chi connectivity index (χ0v) is 18.5. The summed E-state index contributed by atoms with van der Waals surface area (Å²) >= 11 is 6.83. The molecule has 2 atom stereocenters. The van der Waals surface area contributed by atoms with Crippen LogP contribution in [0.3, 0.4) is 0 Å². The van der Waals surface area contributed by atoms with Crippen molar-refractivity contribution < 1.29 is 14.6 Å². The third-order valence-electron chi connectivity index (χ3n) is 5.72. The van der Waals surface area contributed by atoms with Crippen molar-refractivity contribution in [1.29, 1.82) is 0 Å². The second-order valence-corrected chi connectivity index (χ2v) is 8.14. The van der Waals surface area contributed by atoms with Gasteiger partial charge in [-0.05, 0) is 30.5 Å². The number of hydrogen-bond donors (Lipinski definition) is 2. The molecule has 0 saturated carbocycles. The Balaban J connectivity index is 1.61. The number of aliphatic hydroxyl groups excluding tert-OH is 1. The number of nitrogens with one attached hydrogen (secondary N) is 1. The smallest absolute Gasteiger partial charge is 0.218 e. The Labute approximate surface area is 188 Å². The molecule has 4 rings (SSSR count). The van der Waals surface area contributed by atoms with Gasteiger partial charge in [-0.3, -0.25) is 0 Å². The molecule has 2 heterocycles.